The summed E-state index contributed by atoms with van der Waals surface area (Å²) in [7, 11) is 0. The average Bonchev–Trinajstić information content (AvgIpc) is 2.37. The van der Waals surface area contributed by atoms with Crippen LogP contribution in [0.2, 0.25) is 0 Å². The van der Waals surface area contributed by atoms with Gasteiger partial charge in [-0.25, -0.2) is 0 Å². The van der Waals surface area contributed by atoms with Crippen LogP contribution in [0.25, 0.3) is 0 Å². The van der Waals surface area contributed by atoms with Crippen LogP contribution < -0.4 is 5.32 Å². The summed E-state index contributed by atoms with van der Waals surface area (Å²) in [6.07, 6.45) is 1.48. The second-order valence-corrected chi connectivity index (χ2v) is 5.29. The van der Waals surface area contributed by atoms with Crippen LogP contribution in [-0.4, -0.2) is 17.0 Å². The molecule has 4 nitrogen and oxygen atoms in total. The molecule has 0 unspecified atom stereocenters. The highest BCUT2D eigenvalue weighted by molar-refractivity contribution is 5.91. The molecule has 19 heavy (non-hydrogen) atoms. The Morgan fingerprint density at radius 2 is 1.79 bits per heavy atom. The summed E-state index contributed by atoms with van der Waals surface area (Å²) in [6.45, 7) is 5.32. The molecular weight excluding hydrogens is 242 g/mol. The molecule has 0 heterocycles. The predicted octanol–water partition coefficient (Wildman–Crippen LogP) is 3.08. The van der Waals surface area contributed by atoms with Crippen molar-refractivity contribution in [3.05, 3.63) is 29.8 Å². The molecule has 0 aliphatic rings. The van der Waals surface area contributed by atoms with Crippen molar-refractivity contribution < 1.29 is 14.7 Å². The quantitative estimate of drug-likeness (QED) is 0.828. The first-order valence-corrected chi connectivity index (χ1v) is 6.47. The van der Waals surface area contributed by atoms with E-state index < -0.39 is 11.4 Å². The lowest BCUT2D eigenvalue weighted by Crippen LogP contribution is -2.25. The number of hydrogen-bond acceptors (Lipinski definition) is 2. The van der Waals surface area contributed by atoms with Crippen molar-refractivity contribution in [2.45, 2.75) is 40.0 Å². The monoisotopic (exact) mass is 263 g/mol. The van der Waals surface area contributed by atoms with Gasteiger partial charge in [0.1, 0.15) is 0 Å². The first-order chi connectivity index (χ1) is 8.85. The Balaban J connectivity index is 2.49. The summed E-state index contributed by atoms with van der Waals surface area (Å²) in [6, 6.07) is 7.66. The van der Waals surface area contributed by atoms with Gasteiger partial charge < -0.3 is 10.4 Å². The average molecular weight is 263 g/mol. The zero-order valence-corrected chi connectivity index (χ0v) is 11.7. The van der Waals surface area contributed by atoms with Crippen molar-refractivity contribution in [3.63, 3.8) is 0 Å². The van der Waals surface area contributed by atoms with Gasteiger partial charge in [-0.3, -0.25) is 9.59 Å². The zero-order chi connectivity index (χ0) is 14.5. The van der Waals surface area contributed by atoms with Gasteiger partial charge in [-0.1, -0.05) is 19.1 Å². The summed E-state index contributed by atoms with van der Waals surface area (Å²) in [4.78, 5) is 22.7. The minimum atomic E-state index is -0.882. The molecule has 0 radical (unpaired) electrons. The molecule has 0 saturated heterocycles. The molecule has 0 fully saturated rings. The molecule has 1 rings (SSSR count). The van der Waals surface area contributed by atoms with Gasteiger partial charge in [-0.15, -0.1) is 0 Å². The zero-order valence-electron chi connectivity index (χ0n) is 11.7. The number of anilines is 1. The van der Waals surface area contributed by atoms with E-state index in [0.717, 1.165) is 12.1 Å². The molecule has 0 atom stereocenters. The molecule has 4 heteroatoms. The van der Waals surface area contributed by atoms with Crippen LogP contribution >= 0.6 is 0 Å². The van der Waals surface area contributed by atoms with Crippen molar-refractivity contribution >= 4 is 17.6 Å². The van der Waals surface area contributed by atoms with Crippen LogP contribution in [0.15, 0.2) is 24.3 Å². The Morgan fingerprint density at radius 3 is 2.26 bits per heavy atom. The molecule has 0 spiro atoms. The highest BCUT2D eigenvalue weighted by atomic mass is 16.4. The normalized spacial score (nSPS) is 11.1. The van der Waals surface area contributed by atoms with Crippen molar-refractivity contribution in [1.82, 2.24) is 0 Å². The van der Waals surface area contributed by atoms with Gasteiger partial charge >= 0.3 is 5.97 Å². The SMILES string of the molecule is CCc1ccc(NC(=O)CCC(C)(C)C(=O)O)cc1. The topological polar surface area (TPSA) is 66.4 Å². The third kappa shape index (κ3) is 4.73. The molecule has 1 amide bonds. The van der Waals surface area contributed by atoms with Gasteiger partial charge in [0.15, 0.2) is 0 Å². The molecular formula is C15H21NO3. The lowest BCUT2D eigenvalue weighted by molar-refractivity contribution is -0.147. The van der Waals surface area contributed by atoms with Crippen LogP contribution in [0, 0.1) is 5.41 Å². The fourth-order valence-corrected chi connectivity index (χ4v) is 1.58. The number of carbonyl (C=O) groups is 2. The number of carbonyl (C=O) groups excluding carboxylic acids is 1. The third-order valence-corrected chi connectivity index (χ3v) is 3.20. The summed E-state index contributed by atoms with van der Waals surface area (Å²) in [5.74, 6) is -1.04. The van der Waals surface area contributed by atoms with Gasteiger partial charge in [-0.05, 0) is 44.4 Å². The molecule has 1 aromatic rings. The number of carboxylic acids is 1. The maximum atomic E-state index is 11.7. The van der Waals surface area contributed by atoms with Crippen molar-refractivity contribution in [2.24, 2.45) is 5.41 Å². The summed E-state index contributed by atoms with van der Waals surface area (Å²) in [5, 5.41) is 11.7. The summed E-state index contributed by atoms with van der Waals surface area (Å²) < 4.78 is 0. The summed E-state index contributed by atoms with van der Waals surface area (Å²) in [5.41, 5.74) is 1.09. The molecule has 0 aliphatic carbocycles. The van der Waals surface area contributed by atoms with Gasteiger partial charge in [-0.2, -0.15) is 0 Å². The smallest absolute Gasteiger partial charge is 0.309 e. The number of aliphatic carboxylic acids is 1. The van der Waals surface area contributed by atoms with E-state index in [1.54, 1.807) is 13.8 Å². The van der Waals surface area contributed by atoms with E-state index in [-0.39, 0.29) is 12.3 Å². The standard InChI is InChI=1S/C15H21NO3/c1-4-11-5-7-12(8-6-11)16-13(17)9-10-15(2,3)14(18)19/h5-8H,4,9-10H2,1-3H3,(H,16,17)(H,18,19). The Labute approximate surface area is 113 Å². The lowest BCUT2D eigenvalue weighted by atomic mass is 9.88. The maximum absolute atomic E-state index is 11.7. The molecule has 0 aliphatic heterocycles. The van der Waals surface area contributed by atoms with Gasteiger partial charge in [0, 0.05) is 12.1 Å². The third-order valence-electron chi connectivity index (χ3n) is 3.20. The number of carboxylic acid groups (broad SMARTS) is 1. The van der Waals surface area contributed by atoms with E-state index in [9.17, 15) is 9.59 Å². The highest BCUT2D eigenvalue weighted by Gasteiger charge is 2.27. The fourth-order valence-electron chi connectivity index (χ4n) is 1.58. The minimum absolute atomic E-state index is 0.154. The van der Waals surface area contributed by atoms with Gasteiger partial charge in [0.2, 0.25) is 5.91 Å². The fraction of sp³-hybridized carbons (Fsp3) is 0.467. The van der Waals surface area contributed by atoms with Crippen molar-refractivity contribution in [2.75, 3.05) is 5.32 Å². The molecule has 0 bridgehead atoms. The minimum Gasteiger partial charge on any atom is -0.481 e. The number of aryl methyl sites for hydroxylation is 1. The lowest BCUT2D eigenvalue weighted by Gasteiger charge is -2.18. The first-order valence-electron chi connectivity index (χ1n) is 6.47. The number of amides is 1. The highest BCUT2D eigenvalue weighted by Crippen LogP contribution is 2.22. The van der Waals surface area contributed by atoms with Crippen LogP contribution in [0.4, 0.5) is 5.69 Å². The molecule has 1 aromatic carbocycles. The number of benzene rings is 1. The van der Waals surface area contributed by atoms with E-state index in [4.69, 9.17) is 5.11 Å². The Morgan fingerprint density at radius 1 is 1.21 bits per heavy atom. The Bertz CT molecular complexity index is 449. The second kappa shape index (κ2) is 6.36. The number of rotatable bonds is 6. The van der Waals surface area contributed by atoms with E-state index in [2.05, 4.69) is 12.2 Å². The van der Waals surface area contributed by atoms with Gasteiger partial charge in [0.05, 0.1) is 5.41 Å². The van der Waals surface area contributed by atoms with Crippen LogP contribution in [0.3, 0.4) is 0 Å². The first kappa shape index (κ1) is 15.2. The summed E-state index contributed by atoms with van der Waals surface area (Å²) >= 11 is 0. The number of hydrogen-bond donors (Lipinski definition) is 2. The Hall–Kier alpha value is -1.84. The molecule has 0 aromatic heterocycles. The van der Waals surface area contributed by atoms with Crippen LogP contribution in [-0.2, 0) is 16.0 Å². The van der Waals surface area contributed by atoms with Crippen molar-refractivity contribution in [3.8, 4) is 0 Å². The maximum Gasteiger partial charge on any atom is 0.309 e. The van der Waals surface area contributed by atoms with E-state index in [1.165, 1.54) is 5.56 Å². The Kier molecular flexibility index (Phi) is 5.10. The predicted molar refractivity (Wildman–Crippen MR) is 75.1 cm³/mol. The van der Waals surface area contributed by atoms with E-state index in [0.29, 0.717) is 6.42 Å². The largest absolute Gasteiger partial charge is 0.481 e. The van der Waals surface area contributed by atoms with E-state index in [1.807, 2.05) is 24.3 Å². The van der Waals surface area contributed by atoms with Crippen LogP contribution in [0.1, 0.15) is 39.2 Å². The second-order valence-electron chi connectivity index (χ2n) is 5.29. The molecule has 104 valence electrons. The van der Waals surface area contributed by atoms with Crippen LogP contribution in [0.5, 0.6) is 0 Å². The van der Waals surface area contributed by atoms with Crippen molar-refractivity contribution in [1.29, 1.82) is 0 Å². The van der Waals surface area contributed by atoms with E-state index >= 15 is 0 Å². The molecule has 0 saturated carbocycles. The number of nitrogens with one attached hydrogen (secondary N) is 1. The van der Waals surface area contributed by atoms with Gasteiger partial charge in [0.25, 0.3) is 0 Å². The molecule has 2 N–H and O–H groups in total.